The van der Waals surface area contributed by atoms with Crippen molar-refractivity contribution in [3.05, 3.63) is 33.6 Å². The van der Waals surface area contributed by atoms with Gasteiger partial charge in [-0.3, -0.25) is 14.9 Å². The van der Waals surface area contributed by atoms with Gasteiger partial charge in [0.05, 0.1) is 16.7 Å². The summed E-state index contributed by atoms with van der Waals surface area (Å²) >= 11 is 0. The number of nitrogens with one attached hydrogen (secondary N) is 1. The van der Waals surface area contributed by atoms with Crippen molar-refractivity contribution in [2.24, 2.45) is 0 Å². The lowest BCUT2D eigenvalue weighted by Crippen LogP contribution is -2.33. The Kier molecular flexibility index (Phi) is 5.39. The highest BCUT2D eigenvalue weighted by atomic mass is 19.1. The van der Waals surface area contributed by atoms with Crippen LogP contribution < -0.4 is 11.1 Å². The van der Waals surface area contributed by atoms with Crippen LogP contribution in [0.3, 0.4) is 0 Å². The minimum absolute atomic E-state index is 0.242. The molecule has 1 unspecified atom stereocenters. The average molecular weight is 285 g/mol. The molecule has 0 aliphatic rings. The Hall–Kier alpha value is -2.22. The number of amides is 1. The predicted octanol–water partition coefficient (Wildman–Crippen LogP) is 1.47. The van der Waals surface area contributed by atoms with E-state index >= 15 is 0 Å². The number of nitrogen functional groups attached to an aromatic ring is 1. The highest BCUT2D eigenvalue weighted by Crippen LogP contribution is 2.24. The molecule has 0 aliphatic heterocycles. The minimum atomic E-state index is -0.930. The second kappa shape index (κ2) is 6.80. The Balaban J connectivity index is 2.97. The number of benzene rings is 1. The molecule has 1 aromatic rings. The molecule has 0 saturated heterocycles. The maximum atomic E-state index is 13.2. The monoisotopic (exact) mass is 285 g/mol. The summed E-state index contributed by atoms with van der Waals surface area (Å²) in [6, 6.07) is 1.36. The van der Waals surface area contributed by atoms with Gasteiger partial charge in [-0.05, 0) is 19.4 Å². The predicted molar refractivity (Wildman–Crippen MR) is 70.9 cm³/mol. The number of nitrogens with zero attached hydrogens (tertiary/aromatic N) is 1. The number of ether oxygens (including phenoxy) is 1. The summed E-state index contributed by atoms with van der Waals surface area (Å²) in [5, 5.41) is 13.4. The molecule has 1 amide bonds. The molecule has 1 rings (SSSR count). The van der Waals surface area contributed by atoms with Gasteiger partial charge < -0.3 is 15.8 Å². The number of carbonyl (C=O) groups excluding carboxylic acids is 1. The maximum absolute atomic E-state index is 13.2. The van der Waals surface area contributed by atoms with E-state index in [-0.39, 0.29) is 17.3 Å². The van der Waals surface area contributed by atoms with Crippen LogP contribution in [0.5, 0.6) is 0 Å². The van der Waals surface area contributed by atoms with Crippen LogP contribution in [0.4, 0.5) is 15.8 Å². The third kappa shape index (κ3) is 3.89. The molecule has 0 aliphatic carbocycles. The van der Waals surface area contributed by atoms with Crippen molar-refractivity contribution in [2.45, 2.75) is 19.4 Å². The molecule has 1 atom stereocenters. The van der Waals surface area contributed by atoms with Crippen LogP contribution in [0.25, 0.3) is 0 Å². The lowest BCUT2D eigenvalue weighted by molar-refractivity contribution is -0.385. The van der Waals surface area contributed by atoms with Crippen molar-refractivity contribution in [3.8, 4) is 0 Å². The number of nitrogens with two attached hydrogens (primary N) is 1. The Bertz CT molecular complexity index is 522. The molecule has 0 spiro atoms. The number of methoxy groups -OCH3 is 1. The van der Waals surface area contributed by atoms with E-state index in [1.54, 1.807) is 6.92 Å². The summed E-state index contributed by atoms with van der Waals surface area (Å²) in [4.78, 5) is 22.0. The van der Waals surface area contributed by atoms with E-state index in [1.165, 1.54) is 7.11 Å². The van der Waals surface area contributed by atoms with E-state index in [4.69, 9.17) is 10.5 Å². The van der Waals surface area contributed by atoms with Gasteiger partial charge in [0.15, 0.2) is 5.82 Å². The van der Waals surface area contributed by atoms with Gasteiger partial charge in [-0.25, -0.2) is 4.39 Å². The molecular formula is C12H16FN3O4. The molecule has 20 heavy (non-hydrogen) atoms. The average Bonchev–Trinajstić information content (AvgIpc) is 2.38. The molecule has 1 aromatic carbocycles. The van der Waals surface area contributed by atoms with E-state index in [0.29, 0.717) is 19.1 Å². The standard InChI is InChI=1S/C12H16FN3O4/c1-7(3-4-20-2)15-12(17)8-5-10(14)9(13)6-11(8)16(18)19/h5-7H,3-4,14H2,1-2H3,(H,15,17). The zero-order valence-electron chi connectivity index (χ0n) is 11.2. The Morgan fingerprint density at radius 3 is 2.80 bits per heavy atom. The van der Waals surface area contributed by atoms with Gasteiger partial charge in [-0.2, -0.15) is 0 Å². The largest absolute Gasteiger partial charge is 0.396 e. The number of hydrogen-bond donors (Lipinski definition) is 2. The number of anilines is 1. The zero-order valence-corrected chi connectivity index (χ0v) is 11.2. The molecular weight excluding hydrogens is 269 g/mol. The topological polar surface area (TPSA) is 107 Å². The summed E-state index contributed by atoms with van der Waals surface area (Å²) in [7, 11) is 1.53. The fraction of sp³-hybridized carbons (Fsp3) is 0.417. The quantitative estimate of drug-likeness (QED) is 0.467. The van der Waals surface area contributed by atoms with Crippen molar-refractivity contribution >= 4 is 17.3 Å². The molecule has 110 valence electrons. The van der Waals surface area contributed by atoms with Crippen LogP contribution >= 0.6 is 0 Å². The van der Waals surface area contributed by atoms with Crippen LogP contribution in [0.2, 0.25) is 0 Å². The summed E-state index contributed by atoms with van der Waals surface area (Å²) in [6.07, 6.45) is 0.548. The number of nitro groups is 1. The molecule has 3 N–H and O–H groups in total. The minimum Gasteiger partial charge on any atom is -0.396 e. The number of halogens is 1. The van der Waals surface area contributed by atoms with Gasteiger partial charge in [0, 0.05) is 19.8 Å². The normalized spacial score (nSPS) is 11.9. The van der Waals surface area contributed by atoms with Crippen LogP contribution in [-0.4, -0.2) is 30.6 Å². The number of hydrogen-bond acceptors (Lipinski definition) is 5. The molecule has 8 heteroatoms. The van der Waals surface area contributed by atoms with Gasteiger partial charge in [0.1, 0.15) is 5.56 Å². The molecule has 0 fully saturated rings. The van der Waals surface area contributed by atoms with Crippen LogP contribution in [0, 0.1) is 15.9 Å². The summed E-state index contributed by atoms with van der Waals surface area (Å²) < 4.78 is 18.1. The van der Waals surface area contributed by atoms with Crippen molar-refractivity contribution in [2.75, 3.05) is 19.5 Å². The second-order valence-electron chi connectivity index (χ2n) is 4.30. The fourth-order valence-corrected chi connectivity index (χ4v) is 1.58. The third-order valence-electron chi connectivity index (χ3n) is 2.69. The van der Waals surface area contributed by atoms with Crippen molar-refractivity contribution in [1.29, 1.82) is 0 Å². The molecule has 0 heterocycles. The van der Waals surface area contributed by atoms with Gasteiger partial charge in [0.25, 0.3) is 11.6 Å². The fourth-order valence-electron chi connectivity index (χ4n) is 1.58. The number of nitro benzene ring substituents is 1. The van der Waals surface area contributed by atoms with E-state index in [2.05, 4.69) is 5.32 Å². The van der Waals surface area contributed by atoms with Gasteiger partial charge in [0.2, 0.25) is 0 Å². The first-order chi connectivity index (χ1) is 9.36. The Morgan fingerprint density at radius 1 is 1.60 bits per heavy atom. The summed E-state index contributed by atoms with van der Waals surface area (Å²) in [6.45, 7) is 2.17. The zero-order chi connectivity index (χ0) is 15.3. The summed E-state index contributed by atoms with van der Waals surface area (Å²) in [5.74, 6) is -1.60. The lowest BCUT2D eigenvalue weighted by atomic mass is 10.1. The molecule has 0 saturated carbocycles. The van der Waals surface area contributed by atoms with Gasteiger partial charge in [-0.15, -0.1) is 0 Å². The SMILES string of the molecule is COCCC(C)NC(=O)c1cc(N)c(F)cc1[N+](=O)[O-]. The number of rotatable bonds is 6. The van der Waals surface area contributed by atoms with Crippen LogP contribution in [0.1, 0.15) is 23.7 Å². The van der Waals surface area contributed by atoms with E-state index in [1.807, 2.05) is 0 Å². The van der Waals surface area contributed by atoms with E-state index in [9.17, 15) is 19.3 Å². The molecule has 0 bridgehead atoms. The Morgan fingerprint density at radius 2 is 2.25 bits per heavy atom. The first-order valence-corrected chi connectivity index (χ1v) is 5.90. The first kappa shape index (κ1) is 15.8. The van der Waals surface area contributed by atoms with Gasteiger partial charge in [-0.1, -0.05) is 0 Å². The first-order valence-electron chi connectivity index (χ1n) is 5.90. The smallest absolute Gasteiger partial charge is 0.285 e. The Labute approximate surface area is 115 Å². The van der Waals surface area contributed by atoms with E-state index < -0.39 is 22.3 Å². The molecule has 0 radical (unpaired) electrons. The third-order valence-corrected chi connectivity index (χ3v) is 2.69. The van der Waals surface area contributed by atoms with Crippen LogP contribution in [-0.2, 0) is 4.74 Å². The van der Waals surface area contributed by atoms with Gasteiger partial charge >= 0.3 is 0 Å². The molecule has 7 nitrogen and oxygen atoms in total. The van der Waals surface area contributed by atoms with Crippen molar-refractivity contribution < 1.29 is 18.8 Å². The maximum Gasteiger partial charge on any atom is 0.285 e. The lowest BCUT2D eigenvalue weighted by Gasteiger charge is -2.13. The van der Waals surface area contributed by atoms with Crippen LogP contribution in [0.15, 0.2) is 12.1 Å². The summed E-state index contributed by atoms with van der Waals surface area (Å²) in [5.41, 5.74) is 4.14. The second-order valence-corrected chi connectivity index (χ2v) is 4.30. The number of carbonyl (C=O) groups is 1. The van der Waals surface area contributed by atoms with Crippen molar-refractivity contribution in [3.63, 3.8) is 0 Å². The van der Waals surface area contributed by atoms with Crippen molar-refractivity contribution in [1.82, 2.24) is 5.32 Å². The van der Waals surface area contributed by atoms with E-state index in [0.717, 1.165) is 6.07 Å². The highest BCUT2D eigenvalue weighted by Gasteiger charge is 2.23. The molecule has 0 aromatic heterocycles. The highest BCUT2D eigenvalue weighted by molar-refractivity contribution is 5.99.